The molecular weight excluding hydrogens is 448 g/mol. The van der Waals surface area contributed by atoms with Gasteiger partial charge in [-0.05, 0) is 55.3 Å². The van der Waals surface area contributed by atoms with Crippen LogP contribution in [0.1, 0.15) is 23.2 Å². The number of nitro benzene ring substituents is 1. The van der Waals surface area contributed by atoms with E-state index in [0.717, 1.165) is 25.9 Å². The predicted octanol–water partition coefficient (Wildman–Crippen LogP) is 3.04. The fourth-order valence-electron chi connectivity index (χ4n) is 3.49. The molecule has 170 valence electrons. The highest BCUT2D eigenvalue weighted by molar-refractivity contribution is 7.92. The maximum absolute atomic E-state index is 12.7. The first-order valence-electron chi connectivity index (χ1n) is 10.1. The van der Waals surface area contributed by atoms with Gasteiger partial charge in [-0.2, -0.15) is 0 Å². The molecule has 0 radical (unpaired) electrons. The van der Waals surface area contributed by atoms with Gasteiger partial charge in [0.1, 0.15) is 5.69 Å². The van der Waals surface area contributed by atoms with Crippen LogP contribution in [0.15, 0.2) is 65.8 Å². The summed E-state index contributed by atoms with van der Waals surface area (Å²) in [6.07, 6.45) is 4.76. The highest BCUT2D eigenvalue weighted by Crippen LogP contribution is 2.32. The summed E-state index contributed by atoms with van der Waals surface area (Å²) in [5.74, 6) is -0.605. The number of carbonyl (C=O) groups is 1. The van der Waals surface area contributed by atoms with Crippen LogP contribution in [0.5, 0.6) is 0 Å². The number of sulfonamides is 1. The Hall–Kier alpha value is -4.06. The van der Waals surface area contributed by atoms with Crippen LogP contribution in [0.2, 0.25) is 0 Å². The number of nitrogens with one attached hydrogen (secondary N) is 2. The number of nitrogens with zero attached hydrogens (tertiary/aromatic N) is 4. The maximum Gasteiger partial charge on any atom is 0.293 e. The van der Waals surface area contributed by atoms with Crippen LogP contribution >= 0.6 is 0 Å². The number of nitro groups is 1. The Kier molecular flexibility index (Phi) is 6.18. The number of rotatable bonds is 7. The minimum Gasteiger partial charge on any atom is -0.366 e. The van der Waals surface area contributed by atoms with Crippen LogP contribution in [0.3, 0.4) is 0 Å². The summed E-state index contributed by atoms with van der Waals surface area (Å²) >= 11 is 0. The molecule has 1 amide bonds. The fourth-order valence-corrected chi connectivity index (χ4v) is 4.45. The predicted molar refractivity (Wildman–Crippen MR) is 122 cm³/mol. The lowest BCUT2D eigenvalue weighted by molar-refractivity contribution is -0.384. The van der Waals surface area contributed by atoms with E-state index in [9.17, 15) is 23.3 Å². The lowest BCUT2D eigenvalue weighted by Gasteiger charge is -2.17. The Morgan fingerprint density at radius 1 is 1.03 bits per heavy atom. The van der Waals surface area contributed by atoms with Crippen molar-refractivity contribution in [2.24, 2.45) is 0 Å². The number of benzene rings is 2. The van der Waals surface area contributed by atoms with Gasteiger partial charge in [-0.3, -0.25) is 14.9 Å². The number of hydrogen-bond acceptors (Lipinski definition) is 8. The van der Waals surface area contributed by atoms with Gasteiger partial charge in [-0.1, -0.05) is 0 Å². The van der Waals surface area contributed by atoms with E-state index in [1.54, 1.807) is 18.2 Å². The van der Waals surface area contributed by atoms with Gasteiger partial charge in [0.25, 0.3) is 21.6 Å². The third-order valence-corrected chi connectivity index (χ3v) is 6.44. The van der Waals surface area contributed by atoms with Crippen LogP contribution in [0.4, 0.5) is 23.0 Å². The van der Waals surface area contributed by atoms with Gasteiger partial charge in [0.2, 0.25) is 5.95 Å². The first-order valence-corrected chi connectivity index (χ1v) is 11.6. The van der Waals surface area contributed by atoms with Crippen molar-refractivity contribution in [2.45, 2.75) is 17.7 Å². The monoisotopic (exact) mass is 468 g/mol. The van der Waals surface area contributed by atoms with E-state index in [-0.39, 0.29) is 22.1 Å². The number of amides is 1. The molecule has 0 spiro atoms. The Labute approximate surface area is 189 Å². The van der Waals surface area contributed by atoms with Gasteiger partial charge in [0.05, 0.1) is 9.82 Å². The molecule has 0 aliphatic carbocycles. The van der Waals surface area contributed by atoms with E-state index >= 15 is 0 Å². The molecule has 3 aromatic rings. The Morgan fingerprint density at radius 2 is 1.70 bits per heavy atom. The van der Waals surface area contributed by atoms with Crippen LogP contribution in [0, 0.1) is 10.1 Å². The lowest BCUT2D eigenvalue weighted by atomic mass is 10.1. The van der Waals surface area contributed by atoms with Crippen molar-refractivity contribution in [3.05, 3.63) is 76.6 Å². The molecule has 2 N–H and O–H groups in total. The van der Waals surface area contributed by atoms with Crippen molar-refractivity contribution in [1.29, 1.82) is 0 Å². The molecule has 0 atom stereocenters. The molecule has 1 aliphatic rings. The fraction of sp³-hybridized carbons (Fsp3) is 0.190. The summed E-state index contributed by atoms with van der Waals surface area (Å²) < 4.78 is 27.2. The number of carbonyl (C=O) groups excluding carboxylic acids is 1. The molecule has 2 aromatic carbocycles. The Balaban J connectivity index is 1.48. The molecule has 1 fully saturated rings. The molecular formula is C21H20N6O5S. The van der Waals surface area contributed by atoms with E-state index in [1.165, 1.54) is 42.7 Å². The normalized spacial score (nSPS) is 13.5. The largest absolute Gasteiger partial charge is 0.366 e. The Morgan fingerprint density at radius 3 is 2.33 bits per heavy atom. The summed E-state index contributed by atoms with van der Waals surface area (Å²) in [6, 6.07) is 11.4. The quantitative estimate of drug-likeness (QED) is 0.397. The smallest absolute Gasteiger partial charge is 0.293 e. The zero-order chi connectivity index (χ0) is 23.4. The summed E-state index contributed by atoms with van der Waals surface area (Å²) in [7, 11) is -3.91. The molecule has 0 saturated carbocycles. The molecule has 4 rings (SSSR count). The summed E-state index contributed by atoms with van der Waals surface area (Å²) in [5, 5.41) is 14.2. The molecule has 1 aliphatic heterocycles. The van der Waals surface area contributed by atoms with Crippen LogP contribution in [-0.2, 0) is 10.0 Å². The average molecular weight is 468 g/mol. The van der Waals surface area contributed by atoms with E-state index in [4.69, 9.17) is 0 Å². The third kappa shape index (κ3) is 5.06. The zero-order valence-electron chi connectivity index (χ0n) is 17.3. The van der Waals surface area contributed by atoms with Crippen molar-refractivity contribution in [1.82, 2.24) is 9.97 Å². The maximum atomic E-state index is 12.7. The molecule has 0 unspecified atom stereocenters. The second-order valence-corrected chi connectivity index (χ2v) is 8.99. The summed E-state index contributed by atoms with van der Waals surface area (Å²) in [5.41, 5.74) is 0.837. The second-order valence-electron chi connectivity index (χ2n) is 7.31. The molecule has 1 saturated heterocycles. The van der Waals surface area contributed by atoms with Crippen molar-refractivity contribution in [2.75, 3.05) is 28.0 Å². The van der Waals surface area contributed by atoms with E-state index in [1.807, 2.05) is 4.90 Å². The van der Waals surface area contributed by atoms with Gasteiger partial charge in [-0.15, -0.1) is 0 Å². The molecule has 1 aromatic heterocycles. The van der Waals surface area contributed by atoms with E-state index in [0.29, 0.717) is 11.4 Å². The van der Waals surface area contributed by atoms with Crippen molar-refractivity contribution in [3.63, 3.8) is 0 Å². The lowest BCUT2D eigenvalue weighted by Crippen LogP contribution is -2.20. The first kappa shape index (κ1) is 22.1. The van der Waals surface area contributed by atoms with Crippen LogP contribution in [0.25, 0.3) is 0 Å². The minimum atomic E-state index is -3.91. The SMILES string of the molecule is O=C(Nc1ccc(S(=O)(=O)Nc2ncccn2)cc1)c1ccc(N2CCCC2)c([N+](=O)[O-])c1. The van der Waals surface area contributed by atoms with Gasteiger partial charge in [0, 0.05) is 42.8 Å². The number of aromatic nitrogens is 2. The van der Waals surface area contributed by atoms with E-state index < -0.39 is 20.9 Å². The molecule has 33 heavy (non-hydrogen) atoms. The molecule has 2 heterocycles. The molecule has 0 bridgehead atoms. The summed E-state index contributed by atoms with van der Waals surface area (Å²) in [6.45, 7) is 1.49. The van der Waals surface area contributed by atoms with Crippen LogP contribution in [-0.4, -0.2) is 42.3 Å². The Bertz CT molecular complexity index is 1280. The minimum absolute atomic E-state index is 0.0430. The summed E-state index contributed by atoms with van der Waals surface area (Å²) in [4.78, 5) is 33.2. The van der Waals surface area contributed by atoms with Gasteiger partial charge >= 0.3 is 0 Å². The zero-order valence-corrected chi connectivity index (χ0v) is 18.2. The van der Waals surface area contributed by atoms with E-state index in [2.05, 4.69) is 20.0 Å². The van der Waals surface area contributed by atoms with Crippen molar-refractivity contribution in [3.8, 4) is 0 Å². The molecule has 12 heteroatoms. The third-order valence-electron chi connectivity index (χ3n) is 5.09. The second kappa shape index (κ2) is 9.20. The van der Waals surface area contributed by atoms with Gasteiger partial charge in [0.15, 0.2) is 0 Å². The van der Waals surface area contributed by atoms with Crippen molar-refractivity contribution >= 4 is 38.9 Å². The average Bonchev–Trinajstić information content (AvgIpc) is 3.34. The standard InChI is InChI=1S/C21H20N6O5S/c28-20(15-4-9-18(19(14-15)27(29)30)26-12-1-2-13-26)24-16-5-7-17(8-6-16)33(31,32)25-21-22-10-3-11-23-21/h3-11,14H,1-2,12-13H2,(H,24,28)(H,22,23,25). The number of anilines is 3. The van der Waals surface area contributed by atoms with Crippen molar-refractivity contribution < 1.29 is 18.1 Å². The highest BCUT2D eigenvalue weighted by atomic mass is 32.2. The number of hydrogen-bond donors (Lipinski definition) is 2. The first-order chi connectivity index (χ1) is 15.8. The topological polar surface area (TPSA) is 147 Å². The van der Waals surface area contributed by atoms with Crippen LogP contribution < -0.4 is 14.9 Å². The highest BCUT2D eigenvalue weighted by Gasteiger charge is 2.24. The van der Waals surface area contributed by atoms with Gasteiger partial charge in [-0.25, -0.2) is 23.1 Å². The van der Waals surface area contributed by atoms with Gasteiger partial charge < -0.3 is 10.2 Å². The molecule has 11 nitrogen and oxygen atoms in total.